The monoisotopic (exact) mass is 498 g/mol. The van der Waals surface area contributed by atoms with Crippen molar-refractivity contribution in [2.24, 2.45) is 5.41 Å². The SMILES string of the molecule is CC(=O)C1(C(C)=O)Cc2ccc([C@H]3C[C@H](Oc4ccc(C)cc4)[C@@H](COc4ccc(C)cc4)O3)cc2C1. The second kappa shape index (κ2) is 10.1. The molecule has 5 heteroatoms. The van der Waals surface area contributed by atoms with Crippen LogP contribution in [0, 0.1) is 19.3 Å². The van der Waals surface area contributed by atoms with Gasteiger partial charge in [0.05, 0.1) is 11.5 Å². The molecule has 1 saturated heterocycles. The molecule has 3 aromatic rings. The van der Waals surface area contributed by atoms with Crippen LogP contribution in [0.5, 0.6) is 11.5 Å². The zero-order chi connectivity index (χ0) is 26.2. The number of benzene rings is 3. The molecule has 0 spiro atoms. The highest BCUT2D eigenvalue weighted by atomic mass is 16.6. The first-order valence-corrected chi connectivity index (χ1v) is 13.0. The molecule has 1 aliphatic heterocycles. The van der Waals surface area contributed by atoms with Crippen LogP contribution in [0.25, 0.3) is 0 Å². The lowest BCUT2D eigenvalue weighted by Gasteiger charge is -2.21. The topological polar surface area (TPSA) is 61.8 Å². The van der Waals surface area contributed by atoms with Crippen LogP contribution in [0.1, 0.15) is 54.2 Å². The van der Waals surface area contributed by atoms with Gasteiger partial charge in [0.15, 0.2) is 0 Å². The first kappa shape index (κ1) is 25.2. The van der Waals surface area contributed by atoms with Crippen molar-refractivity contribution >= 4 is 11.6 Å². The van der Waals surface area contributed by atoms with E-state index in [4.69, 9.17) is 14.2 Å². The molecule has 5 rings (SSSR count). The second-order valence-electron chi connectivity index (χ2n) is 10.6. The number of hydrogen-bond acceptors (Lipinski definition) is 5. The summed E-state index contributed by atoms with van der Waals surface area (Å²) in [6.45, 7) is 7.53. The van der Waals surface area contributed by atoms with Gasteiger partial charge in [-0.1, -0.05) is 53.6 Å². The summed E-state index contributed by atoms with van der Waals surface area (Å²) in [5, 5.41) is 0. The van der Waals surface area contributed by atoms with E-state index < -0.39 is 5.41 Å². The van der Waals surface area contributed by atoms with Crippen LogP contribution in [0.15, 0.2) is 66.7 Å². The third-order valence-electron chi connectivity index (χ3n) is 7.88. The van der Waals surface area contributed by atoms with Crippen LogP contribution in [-0.4, -0.2) is 30.4 Å². The van der Waals surface area contributed by atoms with Crippen LogP contribution < -0.4 is 9.47 Å². The van der Waals surface area contributed by atoms with Gasteiger partial charge in [0.2, 0.25) is 0 Å². The van der Waals surface area contributed by atoms with E-state index in [2.05, 4.69) is 19.1 Å². The molecule has 192 valence electrons. The van der Waals surface area contributed by atoms with Gasteiger partial charge in [-0.15, -0.1) is 0 Å². The van der Waals surface area contributed by atoms with Crippen LogP contribution in [0.3, 0.4) is 0 Å². The van der Waals surface area contributed by atoms with Crippen molar-refractivity contribution in [2.45, 2.75) is 65.3 Å². The average molecular weight is 499 g/mol. The van der Waals surface area contributed by atoms with Gasteiger partial charge in [0, 0.05) is 6.42 Å². The maximum absolute atomic E-state index is 12.4. The number of carbonyl (C=O) groups is 2. The van der Waals surface area contributed by atoms with Gasteiger partial charge in [-0.3, -0.25) is 9.59 Å². The minimum absolute atomic E-state index is 0.0604. The summed E-state index contributed by atoms with van der Waals surface area (Å²) in [6, 6.07) is 22.3. The summed E-state index contributed by atoms with van der Waals surface area (Å²) >= 11 is 0. The van der Waals surface area contributed by atoms with E-state index in [1.165, 1.54) is 25.0 Å². The molecule has 0 radical (unpaired) electrons. The van der Waals surface area contributed by atoms with Crippen LogP contribution in [0.2, 0.25) is 0 Å². The number of carbonyl (C=O) groups excluding carboxylic acids is 2. The maximum Gasteiger partial charge on any atom is 0.144 e. The number of hydrogen-bond donors (Lipinski definition) is 0. The van der Waals surface area contributed by atoms with Crippen molar-refractivity contribution in [1.29, 1.82) is 0 Å². The number of ether oxygens (including phenoxy) is 3. The lowest BCUT2D eigenvalue weighted by atomic mass is 9.77. The Balaban J connectivity index is 1.35. The Morgan fingerprint density at radius 1 is 0.838 bits per heavy atom. The first-order chi connectivity index (χ1) is 17.7. The zero-order valence-electron chi connectivity index (χ0n) is 22.0. The predicted molar refractivity (Wildman–Crippen MR) is 142 cm³/mol. The van der Waals surface area contributed by atoms with Crippen molar-refractivity contribution in [1.82, 2.24) is 0 Å². The van der Waals surface area contributed by atoms with Gasteiger partial charge in [0.25, 0.3) is 0 Å². The molecule has 1 fully saturated rings. The maximum atomic E-state index is 12.4. The number of Topliss-reactive ketones (excluding diaryl/α,β-unsaturated/α-hetero) is 2. The lowest BCUT2D eigenvalue weighted by Crippen LogP contribution is -2.37. The Kier molecular flexibility index (Phi) is 6.91. The summed E-state index contributed by atoms with van der Waals surface area (Å²) in [6.07, 6.45) is 1.01. The molecule has 0 aromatic heterocycles. The molecule has 37 heavy (non-hydrogen) atoms. The summed E-state index contributed by atoms with van der Waals surface area (Å²) in [7, 11) is 0. The number of ketones is 2. The number of rotatable bonds is 8. The van der Waals surface area contributed by atoms with Gasteiger partial charge in [-0.2, -0.15) is 0 Å². The Labute approximate surface area is 218 Å². The molecule has 0 saturated carbocycles. The summed E-state index contributed by atoms with van der Waals surface area (Å²) in [5.74, 6) is 1.49. The first-order valence-electron chi connectivity index (χ1n) is 13.0. The largest absolute Gasteiger partial charge is 0.491 e. The number of fused-ring (bicyclic) bond motifs is 1. The fourth-order valence-electron chi connectivity index (χ4n) is 5.45. The van der Waals surface area contributed by atoms with E-state index in [1.807, 2.05) is 61.5 Å². The highest BCUT2D eigenvalue weighted by Gasteiger charge is 2.46. The quantitative estimate of drug-likeness (QED) is 0.361. The average Bonchev–Trinajstić information content (AvgIpc) is 3.47. The third-order valence-corrected chi connectivity index (χ3v) is 7.88. The fraction of sp³-hybridized carbons (Fsp3) is 0.375. The highest BCUT2D eigenvalue weighted by molar-refractivity contribution is 6.06. The van der Waals surface area contributed by atoms with Gasteiger partial charge in [0.1, 0.15) is 41.9 Å². The van der Waals surface area contributed by atoms with E-state index in [0.717, 1.165) is 28.2 Å². The lowest BCUT2D eigenvalue weighted by molar-refractivity contribution is -0.137. The molecule has 5 nitrogen and oxygen atoms in total. The molecule has 0 bridgehead atoms. The smallest absolute Gasteiger partial charge is 0.144 e. The van der Waals surface area contributed by atoms with Crippen molar-refractivity contribution in [3.8, 4) is 11.5 Å². The third kappa shape index (κ3) is 5.19. The molecule has 1 heterocycles. The van der Waals surface area contributed by atoms with E-state index in [1.54, 1.807) is 0 Å². The Morgan fingerprint density at radius 2 is 1.43 bits per heavy atom. The van der Waals surface area contributed by atoms with Crippen LogP contribution in [-0.2, 0) is 27.2 Å². The van der Waals surface area contributed by atoms with E-state index >= 15 is 0 Å². The Bertz CT molecular complexity index is 1280. The highest BCUT2D eigenvalue weighted by Crippen LogP contribution is 2.42. The second-order valence-corrected chi connectivity index (χ2v) is 10.6. The fourth-order valence-corrected chi connectivity index (χ4v) is 5.45. The predicted octanol–water partition coefficient (Wildman–Crippen LogP) is 5.92. The molecular weight excluding hydrogens is 464 g/mol. The molecule has 0 unspecified atom stereocenters. The summed E-state index contributed by atoms with van der Waals surface area (Å²) in [5.41, 5.74) is 4.59. The molecular formula is C32H34O5. The van der Waals surface area contributed by atoms with Crippen molar-refractivity contribution in [3.05, 3.63) is 94.5 Å². The Hall–Kier alpha value is -3.44. The molecule has 0 amide bonds. The molecule has 0 N–H and O–H groups in total. The molecule has 1 aliphatic carbocycles. The standard InChI is InChI=1S/C32H34O5/c1-20-5-11-27(12-6-20)35-19-31-30(36-28-13-7-21(2)8-14-28)16-29(37-31)24-9-10-25-17-32(22(3)33,23(4)34)18-26(25)15-24/h5-15,29-31H,16-19H2,1-4H3/t29-,30+,31-/m1/s1. The van der Waals surface area contributed by atoms with Gasteiger partial charge in [-0.05, 0) is 81.5 Å². The molecule has 2 aliphatic rings. The van der Waals surface area contributed by atoms with Gasteiger partial charge in [-0.25, -0.2) is 0 Å². The van der Waals surface area contributed by atoms with E-state index in [9.17, 15) is 9.59 Å². The molecule has 3 aromatic carbocycles. The van der Waals surface area contributed by atoms with Crippen molar-refractivity contribution in [3.63, 3.8) is 0 Å². The van der Waals surface area contributed by atoms with Gasteiger partial charge < -0.3 is 14.2 Å². The number of aryl methyl sites for hydroxylation is 2. The van der Waals surface area contributed by atoms with Gasteiger partial charge >= 0.3 is 0 Å². The minimum Gasteiger partial charge on any atom is -0.491 e. The van der Waals surface area contributed by atoms with Crippen LogP contribution in [0.4, 0.5) is 0 Å². The zero-order valence-corrected chi connectivity index (χ0v) is 22.0. The van der Waals surface area contributed by atoms with E-state index in [0.29, 0.717) is 25.9 Å². The summed E-state index contributed by atoms with van der Waals surface area (Å²) in [4.78, 5) is 24.9. The van der Waals surface area contributed by atoms with Crippen molar-refractivity contribution in [2.75, 3.05) is 6.61 Å². The molecule has 3 atom stereocenters. The summed E-state index contributed by atoms with van der Waals surface area (Å²) < 4.78 is 19.0. The van der Waals surface area contributed by atoms with Crippen LogP contribution >= 0.6 is 0 Å². The Morgan fingerprint density at radius 3 is 2.05 bits per heavy atom. The van der Waals surface area contributed by atoms with E-state index in [-0.39, 0.29) is 29.9 Å². The normalized spacial score (nSPS) is 21.9. The van der Waals surface area contributed by atoms with Crippen molar-refractivity contribution < 1.29 is 23.8 Å². The minimum atomic E-state index is -0.932.